The van der Waals surface area contributed by atoms with Gasteiger partial charge >= 0.3 is 13.8 Å². The van der Waals surface area contributed by atoms with Crippen LogP contribution in [0.1, 0.15) is 155 Å². The number of carbonyl (C=O) groups is 1. The average Bonchev–Trinajstić information content (AvgIpc) is 3.24. The van der Waals surface area contributed by atoms with Gasteiger partial charge in [0.05, 0.1) is 26.4 Å². The lowest BCUT2D eigenvalue weighted by Gasteiger charge is -2.20. The highest BCUT2D eigenvalue weighted by Crippen LogP contribution is 2.43. The SMILES string of the molecule is CC/C=C\C/C=C\C/C=C\C/C=C\C/C=C\CCCCCCCC(=O)OC(COCCCCCCC/C=C\C/C=C\C/C=C\C/C=C\CC)COP(=O)(O)OCC(O)CO. The van der Waals surface area contributed by atoms with Crippen LogP contribution >= 0.6 is 7.82 Å². The molecule has 0 heterocycles. The van der Waals surface area contributed by atoms with Crippen LogP contribution < -0.4 is 0 Å². The highest BCUT2D eigenvalue weighted by Gasteiger charge is 2.26. The van der Waals surface area contributed by atoms with Crippen molar-refractivity contribution in [3.63, 3.8) is 0 Å². The summed E-state index contributed by atoms with van der Waals surface area (Å²) < 4.78 is 33.4. The summed E-state index contributed by atoms with van der Waals surface area (Å²) in [6.07, 6.45) is 59.0. The van der Waals surface area contributed by atoms with Crippen LogP contribution in [0.5, 0.6) is 0 Å². The number of aliphatic hydroxyl groups excluding tert-OH is 2. The summed E-state index contributed by atoms with van der Waals surface area (Å²) in [4.78, 5) is 22.6. The van der Waals surface area contributed by atoms with Gasteiger partial charge in [-0.05, 0) is 96.3 Å². The molecule has 3 atom stereocenters. The summed E-state index contributed by atoms with van der Waals surface area (Å²) in [7, 11) is -4.54. The summed E-state index contributed by atoms with van der Waals surface area (Å²) in [5.41, 5.74) is 0. The van der Waals surface area contributed by atoms with Crippen molar-refractivity contribution in [1.29, 1.82) is 0 Å². The van der Waals surface area contributed by atoms with Gasteiger partial charge in [-0.2, -0.15) is 0 Å². The second-order valence-corrected chi connectivity index (χ2v) is 16.1. The molecular weight excluding hydrogens is 776 g/mol. The minimum absolute atomic E-state index is 0.0205. The van der Waals surface area contributed by atoms with E-state index < -0.39 is 45.8 Å². The fourth-order valence-corrected chi connectivity index (χ4v) is 6.34. The molecule has 0 radical (unpaired) electrons. The zero-order chi connectivity index (χ0) is 43.9. The molecule has 0 saturated carbocycles. The second-order valence-electron chi connectivity index (χ2n) is 14.7. The van der Waals surface area contributed by atoms with Crippen LogP contribution in [-0.4, -0.2) is 66.3 Å². The summed E-state index contributed by atoms with van der Waals surface area (Å²) in [6.45, 7) is 3.19. The van der Waals surface area contributed by atoms with Crippen LogP contribution in [0.4, 0.5) is 0 Å². The standard InChI is InChI=1S/C50H83O9P/c1-3-5-7-9-11-13-15-17-19-21-23-24-25-26-28-30-32-34-36-38-40-42-50(53)59-49(47-58-60(54,55)57-45-48(52)44-51)46-56-43-41-39-37-35-33-31-29-27-22-20-18-16-14-12-10-8-6-4-2/h5-8,11-14,17-20,23-24,26-29,48-49,51-52H,3-4,9-10,15-16,21-22,25,30-47H2,1-2H3,(H,54,55)/b7-5-,8-6-,13-11-,14-12-,19-17-,20-18-,24-23-,28-26-,29-27-. The molecule has 0 aromatic heterocycles. The Bertz CT molecular complexity index is 1290. The molecule has 342 valence electrons. The van der Waals surface area contributed by atoms with Gasteiger partial charge in [0.25, 0.3) is 0 Å². The molecule has 0 aliphatic rings. The lowest BCUT2D eigenvalue weighted by Crippen LogP contribution is -2.29. The van der Waals surface area contributed by atoms with Crippen molar-refractivity contribution in [2.45, 2.75) is 167 Å². The largest absolute Gasteiger partial charge is 0.472 e. The number of unbranched alkanes of at least 4 members (excludes halogenated alkanes) is 10. The fraction of sp³-hybridized carbons (Fsp3) is 0.620. The first-order chi connectivity index (χ1) is 29.3. The molecule has 0 aromatic carbocycles. The third-order valence-electron chi connectivity index (χ3n) is 8.95. The minimum atomic E-state index is -4.54. The van der Waals surface area contributed by atoms with Crippen LogP contribution in [0, 0.1) is 0 Å². The van der Waals surface area contributed by atoms with E-state index in [-0.39, 0.29) is 13.0 Å². The van der Waals surface area contributed by atoms with Crippen molar-refractivity contribution < 1.29 is 43.0 Å². The van der Waals surface area contributed by atoms with Gasteiger partial charge in [-0.25, -0.2) is 4.57 Å². The summed E-state index contributed by atoms with van der Waals surface area (Å²) >= 11 is 0. The maximum Gasteiger partial charge on any atom is 0.472 e. The molecule has 0 saturated heterocycles. The molecule has 0 fully saturated rings. The molecule has 10 heteroatoms. The number of carbonyl (C=O) groups excluding carboxylic acids is 1. The summed E-state index contributed by atoms with van der Waals surface area (Å²) in [5, 5.41) is 18.4. The molecular formula is C50H83O9P. The molecule has 60 heavy (non-hydrogen) atoms. The molecule has 3 unspecified atom stereocenters. The molecule has 0 aromatic rings. The number of rotatable bonds is 42. The lowest BCUT2D eigenvalue weighted by molar-refractivity contribution is -0.154. The number of allylic oxidation sites excluding steroid dienone is 18. The Kier molecular flexibility index (Phi) is 43.5. The van der Waals surface area contributed by atoms with Gasteiger partial charge < -0.3 is 24.6 Å². The Labute approximate surface area is 365 Å². The molecule has 0 rings (SSSR count). The lowest BCUT2D eigenvalue weighted by atomic mass is 10.1. The summed E-state index contributed by atoms with van der Waals surface area (Å²) in [6, 6.07) is 0. The number of hydrogen-bond acceptors (Lipinski definition) is 8. The van der Waals surface area contributed by atoms with E-state index in [1.54, 1.807) is 0 Å². The summed E-state index contributed by atoms with van der Waals surface area (Å²) in [5.74, 6) is -0.413. The van der Waals surface area contributed by atoms with Gasteiger partial charge in [0.15, 0.2) is 0 Å². The van der Waals surface area contributed by atoms with Crippen molar-refractivity contribution in [3.8, 4) is 0 Å². The van der Waals surface area contributed by atoms with Crippen molar-refractivity contribution in [1.82, 2.24) is 0 Å². The highest BCUT2D eigenvalue weighted by atomic mass is 31.2. The first-order valence-corrected chi connectivity index (χ1v) is 24.4. The smallest absolute Gasteiger partial charge is 0.457 e. The highest BCUT2D eigenvalue weighted by molar-refractivity contribution is 7.47. The van der Waals surface area contributed by atoms with Gasteiger partial charge in [0.1, 0.15) is 12.2 Å². The Morgan fingerprint density at radius 3 is 1.35 bits per heavy atom. The Morgan fingerprint density at radius 1 is 0.517 bits per heavy atom. The van der Waals surface area contributed by atoms with E-state index in [1.807, 2.05) is 0 Å². The van der Waals surface area contributed by atoms with Crippen LogP contribution in [0.25, 0.3) is 0 Å². The number of phosphoric acid groups is 1. The van der Waals surface area contributed by atoms with Crippen LogP contribution in [0.2, 0.25) is 0 Å². The van der Waals surface area contributed by atoms with Gasteiger partial charge in [0.2, 0.25) is 0 Å². The van der Waals surface area contributed by atoms with Crippen molar-refractivity contribution in [3.05, 3.63) is 109 Å². The monoisotopic (exact) mass is 859 g/mol. The first-order valence-electron chi connectivity index (χ1n) is 22.9. The Morgan fingerprint density at radius 2 is 0.900 bits per heavy atom. The van der Waals surface area contributed by atoms with Crippen LogP contribution in [-0.2, 0) is 27.9 Å². The normalized spacial score (nSPS) is 14.9. The molecule has 0 aliphatic heterocycles. The molecule has 9 nitrogen and oxygen atoms in total. The Balaban J connectivity index is 4.26. The topological polar surface area (TPSA) is 132 Å². The maximum atomic E-state index is 12.6. The van der Waals surface area contributed by atoms with E-state index in [2.05, 4.69) is 123 Å². The van der Waals surface area contributed by atoms with E-state index in [1.165, 1.54) is 0 Å². The number of hydrogen-bond donors (Lipinski definition) is 3. The van der Waals surface area contributed by atoms with Gasteiger partial charge in [0, 0.05) is 13.0 Å². The van der Waals surface area contributed by atoms with Crippen molar-refractivity contribution in [2.75, 3.05) is 33.0 Å². The van der Waals surface area contributed by atoms with Gasteiger partial charge in [-0.1, -0.05) is 162 Å². The molecule has 0 bridgehead atoms. The van der Waals surface area contributed by atoms with Crippen molar-refractivity contribution in [2.24, 2.45) is 0 Å². The van der Waals surface area contributed by atoms with Crippen LogP contribution in [0.15, 0.2) is 109 Å². The third kappa shape index (κ3) is 44.7. The number of esters is 1. The first kappa shape index (κ1) is 57.1. The number of aliphatic hydroxyl groups is 2. The van der Waals surface area contributed by atoms with E-state index in [0.29, 0.717) is 13.0 Å². The molecule has 0 aliphatic carbocycles. The third-order valence-corrected chi connectivity index (χ3v) is 9.90. The minimum Gasteiger partial charge on any atom is -0.457 e. The van der Waals surface area contributed by atoms with E-state index in [9.17, 15) is 19.4 Å². The number of ether oxygens (including phenoxy) is 2. The van der Waals surface area contributed by atoms with E-state index in [0.717, 1.165) is 128 Å². The van der Waals surface area contributed by atoms with Crippen molar-refractivity contribution >= 4 is 13.8 Å². The second kappa shape index (κ2) is 45.6. The van der Waals surface area contributed by atoms with E-state index >= 15 is 0 Å². The quantitative estimate of drug-likeness (QED) is 0.0238. The van der Waals surface area contributed by atoms with Crippen LogP contribution in [0.3, 0.4) is 0 Å². The zero-order valence-electron chi connectivity index (χ0n) is 37.4. The Hall–Kier alpha value is -2.88. The average molecular weight is 859 g/mol. The van der Waals surface area contributed by atoms with Gasteiger partial charge in [-0.15, -0.1) is 0 Å². The maximum absolute atomic E-state index is 12.6. The fourth-order valence-electron chi connectivity index (χ4n) is 5.55. The molecule has 0 amide bonds. The molecule has 0 spiro atoms. The zero-order valence-corrected chi connectivity index (χ0v) is 38.3. The predicted molar refractivity (Wildman–Crippen MR) is 251 cm³/mol. The number of phosphoric ester groups is 1. The van der Waals surface area contributed by atoms with Gasteiger partial charge in [-0.3, -0.25) is 13.8 Å². The van der Waals surface area contributed by atoms with E-state index in [4.69, 9.17) is 23.6 Å². The predicted octanol–water partition coefficient (Wildman–Crippen LogP) is 13.0. The molecule has 3 N–H and O–H groups in total.